The number of nitrogens with one attached hydrogen (secondary N) is 7. The molecule has 9 amide bonds. The Kier molecular flexibility index (Phi) is 37.3. The number of carboxylic acids is 1. The number of hydrogen-bond donors (Lipinski definition) is 23. The van der Waals surface area contributed by atoms with Crippen LogP contribution in [0.2, 0.25) is 0 Å². The molecule has 0 bridgehead atoms. The number of primary amides is 2. The number of carbonyl (C=O) groups excluding carboxylic acids is 9. The van der Waals surface area contributed by atoms with E-state index in [4.69, 9.17) is 86.0 Å². The number of carbonyl (C=O) groups is 10. The molecule has 8 atom stereocenters. The first-order valence-corrected chi connectivity index (χ1v) is 26.9. The van der Waals surface area contributed by atoms with E-state index in [1.165, 1.54) is 0 Å². The smallest absolute Gasteiger partial charge is 0.326 e. The second-order valence-corrected chi connectivity index (χ2v) is 19.1. The minimum Gasteiger partial charge on any atom is -0.480 e. The molecule has 0 heterocycles. The second kappa shape index (κ2) is 42.1. The van der Waals surface area contributed by atoms with E-state index in [1.807, 2.05) is 0 Å². The van der Waals surface area contributed by atoms with Gasteiger partial charge >= 0.3 is 5.97 Å². The fourth-order valence-electron chi connectivity index (χ4n) is 7.52. The van der Waals surface area contributed by atoms with Crippen molar-refractivity contribution in [2.75, 3.05) is 39.3 Å². The zero-order valence-corrected chi connectivity index (χ0v) is 47.5. The fourth-order valence-corrected chi connectivity index (χ4v) is 7.52. The zero-order valence-electron chi connectivity index (χ0n) is 47.5. The van der Waals surface area contributed by atoms with Crippen LogP contribution in [-0.4, -0.2) is 188 Å². The molecule has 0 saturated heterocycles. The number of aliphatic imine (C=N–C) groups is 6. The predicted octanol–water partition coefficient (Wildman–Crippen LogP) is -11.4. The van der Waals surface area contributed by atoms with Crippen LogP contribution in [0.15, 0.2) is 30.0 Å². The maximum atomic E-state index is 14.5. The van der Waals surface area contributed by atoms with Crippen molar-refractivity contribution in [3.8, 4) is 0 Å². The van der Waals surface area contributed by atoms with E-state index < -0.39 is 133 Å². The Hall–Kier alpha value is -9.72. The Morgan fingerprint density at radius 2 is 0.471 bits per heavy atom. The lowest BCUT2D eigenvalue weighted by Crippen LogP contribution is -2.60. The van der Waals surface area contributed by atoms with Gasteiger partial charge in [0.1, 0.15) is 42.3 Å². The van der Waals surface area contributed by atoms with Crippen molar-refractivity contribution in [2.24, 2.45) is 116 Å². The van der Waals surface area contributed by atoms with Crippen LogP contribution in [-0.2, 0) is 47.9 Å². The Morgan fingerprint density at radius 1 is 0.282 bits per heavy atom. The zero-order chi connectivity index (χ0) is 64.6. The molecule has 0 aromatic rings. The largest absolute Gasteiger partial charge is 0.480 e. The Bertz CT molecular complexity index is 2380. The number of nitrogens with two attached hydrogens (primary N) is 15. The van der Waals surface area contributed by atoms with Crippen molar-refractivity contribution in [3.05, 3.63) is 0 Å². The van der Waals surface area contributed by atoms with Gasteiger partial charge in [0.15, 0.2) is 35.8 Å². The number of amides is 9. The number of nitrogens with zero attached hydrogens (tertiary/aromatic N) is 6. The molecule has 0 aliphatic heterocycles. The SMILES string of the molecule is NC(=O)CC[C@H](NC(=O)[C@H](CCCN=C(N)N)NC(=O)[C@H](CCCN=C(N)N)NC(=O)[C@H](CCC(N)=O)NC(=O)[C@H](CCCN=C(N)N)NC(=O)[C@@H](N)CCCN=C(N)N)C(=O)N[C@@H](CCCN=C(N)N)C(=O)N[C@@H](CCCN=C(N)N)C(=O)O. The lowest BCUT2D eigenvalue weighted by Gasteiger charge is -2.28. The summed E-state index contributed by atoms with van der Waals surface area (Å²) >= 11 is 0. The first-order chi connectivity index (χ1) is 39.9. The molecular formula is C46H90N28O11. The highest BCUT2D eigenvalue weighted by Crippen LogP contribution is 2.11. The van der Waals surface area contributed by atoms with Crippen LogP contribution in [0.3, 0.4) is 0 Å². The summed E-state index contributed by atoms with van der Waals surface area (Å²) in [6.07, 6.45) is -2.10. The normalized spacial score (nSPS) is 13.4. The van der Waals surface area contributed by atoms with Crippen LogP contribution in [0.4, 0.5) is 0 Å². The summed E-state index contributed by atoms with van der Waals surface area (Å²) in [4.78, 5) is 158. The quantitative estimate of drug-likeness (QED) is 0.0153. The second-order valence-electron chi connectivity index (χ2n) is 19.1. The summed E-state index contributed by atoms with van der Waals surface area (Å²) in [5.74, 6) is -11.6. The van der Waals surface area contributed by atoms with Gasteiger partial charge in [-0.25, -0.2) is 4.79 Å². The van der Waals surface area contributed by atoms with Crippen LogP contribution in [0, 0.1) is 0 Å². The average molecular weight is 1210 g/mol. The molecule has 0 saturated carbocycles. The van der Waals surface area contributed by atoms with E-state index in [0.29, 0.717) is 6.42 Å². The van der Waals surface area contributed by atoms with Gasteiger partial charge in [-0.15, -0.1) is 0 Å². The predicted molar refractivity (Wildman–Crippen MR) is 315 cm³/mol. The van der Waals surface area contributed by atoms with E-state index in [2.05, 4.69) is 67.2 Å². The number of guanidine groups is 6. The van der Waals surface area contributed by atoms with E-state index in [1.54, 1.807) is 0 Å². The topological polar surface area (TPSA) is 740 Å². The number of hydrogen-bond acceptors (Lipinski definition) is 17. The number of rotatable bonds is 45. The standard InChI is InChI=1S/C46H90N28O11/c47-23(7-1-17-62-41(50)51)33(77)68-24(8-2-18-63-42(52)53)34(78)72-28(13-15-31(48)75)38(82)70-25(9-3-19-64-43(54)55)35(79)69-26(10-4-20-65-44(56)57)36(80)73-29(14-16-32(49)76)39(83)71-27(11-5-21-66-45(58)59)37(81)74-30(40(84)85)12-6-22-67-46(60)61/h23-30H,1-22,47H2,(H2,48,75)(H2,49,76)(H,68,77)(H,69,79)(H,70,82)(H,71,83)(H,72,78)(H,73,80)(H,74,81)(H,84,85)(H4,50,51,62)(H4,52,53,63)(H4,54,55,64)(H4,56,57,65)(H4,58,59,66)(H4,60,61,67)/t23-,24-,25-,26-,27-,28-,29-,30-/m0/s1. The molecule has 0 fully saturated rings. The molecule has 0 radical (unpaired) electrons. The third kappa shape index (κ3) is 37.1. The van der Waals surface area contributed by atoms with Gasteiger partial charge in [-0.05, 0) is 89.9 Å². The summed E-state index contributed by atoms with van der Waals surface area (Å²) in [6, 6.07) is -12.0. The minimum absolute atomic E-state index is 0.00156. The highest BCUT2D eigenvalue weighted by molar-refractivity contribution is 5.98. The maximum Gasteiger partial charge on any atom is 0.326 e. The van der Waals surface area contributed by atoms with Crippen molar-refractivity contribution in [1.29, 1.82) is 0 Å². The fraction of sp³-hybridized carbons (Fsp3) is 0.652. The van der Waals surface area contributed by atoms with Gasteiger partial charge in [-0.2, -0.15) is 0 Å². The van der Waals surface area contributed by atoms with Crippen LogP contribution in [0.1, 0.15) is 103 Å². The molecule has 39 nitrogen and oxygen atoms in total. The molecular weight excluding hydrogens is 1120 g/mol. The van der Waals surface area contributed by atoms with E-state index in [9.17, 15) is 53.1 Å². The molecule has 38 N–H and O–H groups in total. The van der Waals surface area contributed by atoms with Crippen LogP contribution >= 0.6 is 0 Å². The summed E-state index contributed by atoms with van der Waals surface area (Å²) < 4.78 is 0. The monoisotopic (exact) mass is 1210 g/mol. The molecule has 0 aliphatic carbocycles. The van der Waals surface area contributed by atoms with Crippen molar-refractivity contribution >= 4 is 94.9 Å². The van der Waals surface area contributed by atoms with Crippen molar-refractivity contribution in [1.82, 2.24) is 37.2 Å². The lowest BCUT2D eigenvalue weighted by molar-refractivity contribution is -0.142. The van der Waals surface area contributed by atoms with E-state index >= 15 is 0 Å². The van der Waals surface area contributed by atoms with Crippen LogP contribution in [0.25, 0.3) is 0 Å². The van der Waals surface area contributed by atoms with Crippen LogP contribution < -0.4 is 123 Å². The molecule has 0 unspecified atom stereocenters. The van der Waals surface area contributed by atoms with E-state index in [-0.39, 0.29) is 146 Å². The van der Waals surface area contributed by atoms with Gasteiger partial charge in [0.2, 0.25) is 53.2 Å². The van der Waals surface area contributed by atoms with Crippen molar-refractivity contribution in [2.45, 2.75) is 151 Å². The Balaban J connectivity index is 7.27. The van der Waals surface area contributed by atoms with Gasteiger partial charge < -0.3 is 128 Å². The summed E-state index contributed by atoms with van der Waals surface area (Å²) in [5, 5.41) is 27.3. The summed E-state index contributed by atoms with van der Waals surface area (Å²) in [6.45, 7) is 0.00579. The lowest BCUT2D eigenvalue weighted by atomic mass is 10.0. The highest BCUT2D eigenvalue weighted by atomic mass is 16.4. The van der Waals surface area contributed by atoms with Gasteiger partial charge in [0, 0.05) is 52.1 Å². The van der Waals surface area contributed by atoms with Crippen molar-refractivity contribution in [3.63, 3.8) is 0 Å². The van der Waals surface area contributed by atoms with Gasteiger partial charge in [-0.3, -0.25) is 73.1 Å². The number of aliphatic carboxylic acids is 1. The van der Waals surface area contributed by atoms with Gasteiger partial charge in [0.25, 0.3) is 0 Å². The third-order valence-electron chi connectivity index (χ3n) is 11.8. The highest BCUT2D eigenvalue weighted by Gasteiger charge is 2.35. The minimum atomic E-state index is -1.67. The van der Waals surface area contributed by atoms with E-state index in [0.717, 1.165) is 0 Å². The number of carboxylic acid groups (broad SMARTS) is 1. The molecule has 0 spiro atoms. The molecule has 0 aromatic carbocycles. The Labute approximate surface area is 490 Å². The maximum absolute atomic E-state index is 14.5. The summed E-state index contributed by atoms with van der Waals surface area (Å²) in [7, 11) is 0. The van der Waals surface area contributed by atoms with Gasteiger partial charge in [-0.1, -0.05) is 0 Å². The van der Waals surface area contributed by atoms with Crippen molar-refractivity contribution < 1.29 is 53.1 Å². The summed E-state index contributed by atoms with van der Waals surface area (Å²) in [5.41, 5.74) is 82.3. The molecule has 480 valence electrons. The molecule has 0 aromatic heterocycles. The Morgan fingerprint density at radius 3 is 0.682 bits per heavy atom. The van der Waals surface area contributed by atoms with Gasteiger partial charge in [0.05, 0.1) is 6.04 Å². The molecule has 0 rings (SSSR count). The van der Waals surface area contributed by atoms with Crippen LogP contribution in [0.5, 0.6) is 0 Å². The molecule has 0 aliphatic rings. The average Bonchev–Trinajstić information content (AvgIpc) is 3.60. The molecule has 39 heteroatoms. The first kappa shape index (κ1) is 75.3. The first-order valence-electron chi connectivity index (χ1n) is 26.9. The third-order valence-corrected chi connectivity index (χ3v) is 11.8. The molecule has 85 heavy (non-hydrogen) atoms.